The number of carboxylic acids is 1. The van der Waals surface area contributed by atoms with Crippen molar-refractivity contribution in [2.75, 3.05) is 24.6 Å². The number of ether oxygens (including phenoxy) is 1. The molecule has 21 heavy (non-hydrogen) atoms. The molecule has 0 saturated carbocycles. The molecule has 1 aromatic rings. The number of benzene rings is 1. The first kappa shape index (κ1) is 16.0. The molecule has 0 bridgehead atoms. The number of rotatable bonds is 6. The molecule has 1 aliphatic heterocycles. The van der Waals surface area contributed by atoms with Gasteiger partial charge in [-0.25, -0.2) is 4.79 Å². The standard InChI is InChI=1S/C16H20BrNO3/c1-2-18(11-13-4-3-9-21-13)15-7-5-12(10-14(15)17)6-8-16(19)20/h5-8,10,13H,2-4,9,11H2,1H3,(H,19,20)/b8-6+. The minimum absolute atomic E-state index is 0.309. The maximum Gasteiger partial charge on any atom is 0.328 e. The van der Waals surface area contributed by atoms with Gasteiger partial charge < -0.3 is 14.7 Å². The molecule has 0 aliphatic carbocycles. The Balaban J connectivity index is 2.11. The van der Waals surface area contributed by atoms with E-state index in [2.05, 4.69) is 27.8 Å². The van der Waals surface area contributed by atoms with Gasteiger partial charge in [-0.15, -0.1) is 0 Å². The summed E-state index contributed by atoms with van der Waals surface area (Å²) >= 11 is 3.58. The molecule has 1 aromatic carbocycles. The second-order valence-corrected chi connectivity index (χ2v) is 5.91. The molecule has 1 saturated heterocycles. The Kier molecular flexibility index (Phi) is 5.82. The summed E-state index contributed by atoms with van der Waals surface area (Å²) in [5.41, 5.74) is 1.97. The first-order chi connectivity index (χ1) is 10.1. The highest BCUT2D eigenvalue weighted by Gasteiger charge is 2.19. The number of likely N-dealkylation sites (N-methyl/N-ethyl adjacent to an activating group) is 1. The van der Waals surface area contributed by atoms with Gasteiger partial charge in [0.05, 0.1) is 11.8 Å². The normalized spacial score (nSPS) is 18.3. The van der Waals surface area contributed by atoms with Crippen LogP contribution in [0.4, 0.5) is 5.69 Å². The number of hydrogen-bond acceptors (Lipinski definition) is 3. The zero-order valence-corrected chi connectivity index (χ0v) is 13.7. The lowest BCUT2D eigenvalue weighted by atomic mass is 10.1. The smallest absolute Gasteiger partial charge is 0.328 e. The Morgan fingerprint density at radius 1 is 1.57 bits per heavy atom. The summed E-state index contributed by atoms with van der Waals surface area (Å²) in [7, 11) is 0. The minimum atomic E-state index is -0.941. The Labute approximate surface area is 133 Å². The second-order valence-electron chi connectivity index (χ2n) is 5.06. The van der Waals surface area contributed by atoms with Gasteiger partial charge in [0.15, 0.2) is 0 Å². The minimum Gasteiger partial charge on any atom is -0.478 e. The third-order valence-electron chi connectivity index (χ3n) is 3.56. The van der Waals surface area contributed by atoms with Crippen LogP contribution in [0.3, 0.4) is 0 Å². The van der Waals surface area contributed by atoms with Crippen molar-refractivity contribution < 1.29 is 14.6 Å². The number of halogens is 1. The number of nitrogens with zero attached hydrogens (tertiary/aromatic N) is 1. The van der Waals surface area contributed by atoms with Crippen LogP contribution in [-0.2, 0) is 9.53 Å². The van der Waals surface area contributed by atoms with E-state index in [0.717, 1.165) is 54.3 Å². The van der Waals surface area contributed by atoms with Crippen molar-refractivity contribution in [1.82, 2.24) is 0 Å². The number of anilines is 1. The van der Waals surface area contributed by atoms with Gasteiger partial charge in [-0.05, 0) is 59.5 Å². The van der Waals surface area contributed by atoms with E-state index >= 15 is 0 Å². The van der Waals surface area contributed by atoms with E-state index in [9.17, 15) is 4.79 Å². The van der Waals surface area contributed by atoms with Crippen molar-refractivity contribution in [3.63, 3.8) is 0 Å². The number of aliphatic carboxylic acids is 1. The molecule has 1 unspecified atom stereocenters. The predicted molar refractivity (Wildman–Crippen MR) is 87.7 cm³/mol. The Bertz CT molecular complexity index is 524. The molecule has 1 atom stereocenters. The van der Waals surface area contributed by atoms with Crippen LogP contribution in [0.15, 0.2) is 28.7 Å². The van der Waals surface area contributed by atoms with Crippen LogP contribution >= 0.6 is 15.9 Å². The van der Waals surface area contributed by atoms with E-state index in [4.69, 9.17) is 9.84 Å². The molecule has 1 heterocycles. The summed E-state index contributed by atoms with van der Waals surface area (Å²) in [5.74, 6) is -0.941. The fraction of sp³-hybridized carbons (Fsp3) is 0.438. The topological polar surface area (TPSA) is 49.8 Å². The van der Waals surface area contributed by atoms with Crippen molar-refractivity contribution in [1.29, 1.82) is 0 Å². The summed E-state index contributed by atoms with van der Waals surface area (Å²) in [6.07, 6.45) is 5.30. The molecule has 0 amide bonds. The van der Waals surface area contributed by atoms with Crippen LogP contribution in [0, 0.1) is 0 Å². The summed E-state index contributed by atoms with van der Waals surface area (Å²) < 4.78 is 6.67. The lowest BCUT2D eigenvalue weighted by Crippen LogP contribution is -2.32. The van der Waals surface area contributed by atoms with Gasteiger partial charge in [-0.1, -0.05) is 6.07 Å². The lowest BCUT2D eigenvalue weighted by Gasteiger charge is -2.27. The Morgan fingerprint density at radius 3 is 2.95 bits per heavy atom. The highest BCUT2D eigenvalue weighted by Crippen LogP contribution is 2.29. The fourth-order valence-electron chi connectivity index (χ4n) is 2.48. The number of carboxylic acid groups (broad SMARTS) is 1. The van der Waals surface area contributed by atoms with E-state index in [0.29, 0.717) is 6.10 Å². The zero-order valence-electron chi connectivity index (χ0n) is 12.1. The van der Waals surface area contributed by atoms with E-state index in [1.807, 2.05) is 18.2 Å². The molecular formula is C16H20BrNO3. The quantitative estimate of drug-likeness (QED) is 0.794. The van der Waals surface area contributed by atoms with Gasteiger partial charge in [-0.2, -0.15) is 0 Å². The molecule has 0 aromatic heterocycles. The largest absolute Gasteiger partial charge is 0.478 e. The van der Waals surface area contributed by atoms with Crippen LogP contribution in [0.1, 0.15) is 25.3 Å². The molecule has 2 rings (SSSR count). The molecule has 1 N–H and O–H groups in total. The summed E-state index contributed by atoms with van der Waals surface area (Å²) in [6.45, 7) is 4.78. The van der Waals surface area contributed by atoms with E-state index in [1.165, 1.54) is 0 Å². The van der Waals surface area contributed by atoms with Gasteiger partial charge in [0, 0.05) is 30.2 Å². The average molecular weight is 354 g/mol. The van der Waals surface area contributed by atoms with E-state index in [1.54, 1.807) is 6.08 Å². The lowest BCUT2D eigenvalue weighted by molar-refractivity contribution is -0.131. The molecule has 0 radical (unpaired) electrons. The molecule has 5 heteroatoms. The SMILES string of the molecule is CCN(CC1CCCO1)c1ccc(/C=C/C(=O)O)cc1Br. The van der Waals surface area contributed by atoms with Crippen molar-refractivity contribution in [3.05, 3.63) is 34.3 Å². The van der Waals surface area contributed by atoms with Gasteiger partial charge in [0.2, 0.25) is 0 Å². The first-order valence-electron chi connectivity index (χ1n) is 7.17. The molecular weight excluding hydrogens is 334 g/mol. The fourth-order valence-corrected chi connectivity index (χ4v) is 3.13. The highest BCUT2D eigenvalue weighted by atomic mass is 79.9. The average Bonchev–Trinajstić information content (AvgIpc) is 2.96. The van der Waals surface area contributed by atoms with Crippen molar-refractivity contribution in [2.45, 2.75) is 25.9 Å². The molecule has 4 nitrogen and oxygen atoms in total. The van der Waals surface area contributed by atoms with Crippen LogP contribution < -0.4 is 4.90 Å². The van der Waals surface area contributed by atoms with Crippen LogP contribution in [0.5, 0.6) is 0 Å². The van der Waals surface area contributed by atoms with Gasteiger partial charge in [0.1, 0.15) is 0 Å². The van der Waals surface area contributed by atoms with Gasteiger partial charge in [0.25, 0.3) is 0 Å². The van der Waals surface area contributed by atoms with Gasteiger partial charge in [-0.3, -0.25) is 0 Å². The molecule has 1 aliphatic rings. The monoisotopic (exact) mass is 353 g/mol. The maximum atomic E-state index is 10.6. The second kappa shape index (κ2) is 7.61. The zero-order chi connectivity index (χ0) is 15.2. The molecule has 1 fully saturated rings. The van der Waals surface area contributed by atoms with E-state index in [-0.39, 0.29) is 0 Å². The van der Waals surface area contributed by atoms with Crippen LogP contribution in [-0.4, -0.2) is 36.9 Å². The van der Waals surface area contributed by atoms with Crippen molar-refractivity contribution in [3.8, 4) is 0 Å². The summed E-state index contributed by atoms with van der Waals surface area (Å²) in [5, 5.41) is 8.66. The van der Waals surface area contributed by atoms with Gasteiger partial charge >= 0.3 is 5.97 Å². The predicted octanol–water partition coefficient (Wildman–Crippen LogP) is 3.55. The third kappa shape index (κ3) is 4.58. The molecule has 114 valence electrons. The maximum absolute atomic E-state index is 10.6. The number of carbonyl (C=O) groups is 1. The Morgan fingerprint density at radius 2 is 2.38 bits per heavy atom. The highest BCUT2D eigenvalue weighted by molar-refractivity contribution is 9.10. The Hall–Kier alpha value is -1.33. The summed E-state index contributed by atoms with van der Waals surface area (Å²) in [6, 6.07) is 5.88. The third-order valence-corrected chi connectivity index (χ3v) is 4.20. The van der Waals surface area contributed by atoms with E-state index < -0.39 is 5.97 Å². The van der Waals surface area contributed by atoms with Crippen LogP contribution in [0.2, 0.25) is 0 Å². The van der Waals surface area contributed by atoms with Crippen molar-refractivity contribution in [2.24, 2.45) is 0 Å². The molecule has 0 spiro atoms. The first-order valence-corrected chi connectivity index (χ1v) is 7.96. The van der Waals surface area contributed by atoms with Crippen molar-refractivity contribution >= 4 is 33.7 Å². The summed E-state index contributed by atoms with van der Waals surface area (Å²) in [4.78, 5) is 12.8. The number of hydrogen-bond donors (Lipinski definition) is 1. The van der Waals surface area contributed by atoms with Crippen LogP contribution in [0.25, 0.3) is 6.08 Å².